The minimum atomic E-state index is 0.0266. The van der Waals surface area contributed by atoms with Gasteiger partial charge in [-0.25, -0.2) is 4.98 Å². The maximum atomic E-state index is 11.8. The lowest BCUT2D eigenvalue weighted by molar-refractivity contribution is 0.0992. The molecule has 0 aromatic carbocycles. The van der Waals surface area contributed by atoms with E-state index in [9.17, 15) is 4.79 Å². The first-order chi connectivity index (χ1) is 7.75. The first-order valence-corrected chi connectivity index (χ1v) is 4.89. The molecular formula is C12H11N3O. The van der Waals surface area contributed by atoms with Crippen LogP contribution < -0.4 is 5.73 Å². The highest BCUT2D eigenvalue weighted by Gasteiger charge is 2.06. The summed E-state index contributed by atoms with van der Waals surface area (Å²) in [6.45, 7) is 0. The Bertz CT molecular complexity index is 497. The van der Waals surface area contributed by atoms with Crippen molar-refractivity contribution in [3.8, 4) is 0 Å². The molecule has 2 aromatic heterocycles. The molecule has 2 rings (SSSR count). The van der Waals surface area contributed by atoms with Gasteiger partial charge in [0, 0.05) is 30.6 Å². The Morgan fingerprint density at radius 2 is 2.19 bits per heavy atom. The van der Waals surface area contributed by atoms with E-state index in [2.05, 4.69) is 9.97 Å². The van der Waals surface area contributed by atoms with Crippen LogP contribution in [0.5, 0.6) is 0 Å². The molecule has 0 fully saturated rings. The van der Waals surface area contributed by atoms with E-state index in [-0.39, 0.29) is 5.78 Å². The van der Waals surface area contributed by atoms with Crippen molar-refractivity contribution < 1.29 is 4.79 Å². The topological polar surface area (TPSA) is 68.9 Å². The molecule has 0 aliphatic carbocycles. The fourth-order valence-electron chi connectivity index (χ4n) is 1.42. The van der Waals surface area contributed by atoms with Crippen LogP contribution in [0.25, 0.3) is 0 Å². The summed E-state index contributed by atoms with van der Waals surface area (Å²) in [6, 6.07) is 6.98. The average molecular weight is 213 g/mol. The molecule has 0 radical (unpaired) electrons. The van der Waals surface area contributed by atoms with Crippen LogP contribution in [0, 0.1) is 0 Å². The van der Waals surface area contributed by atoms with Crippen molar-refractivity contribution in [1.82, 2.24) is 9.97 Å². The van der Waals surface area contributed by atoms with Crippen LogP contribution in [0.4, 0.5) is 5.82 Å². The maximum Gasteiger partial charge on any atom is 0.168 e. The number of rotatable bonds is 3. The third-order valence-electron chi connectivity index (χ3n) is 2.19. The minimum absolute atomic E-state index is 0.0266. The minimum Gasteiger partial charge on any atom is -0.384 e. The van der Waals surface area contributed by atoms with Gasteiger partial charge >= 0.3 is 0 Å². The number of nitrogens with two attached hydrogens (primary N) is 1. The Hall–Kier alpha value is -2.23. The number of aromatic nitrogens is 2. The van der Waals surface area contributed by atoms with Crippen molar-refractivity contribution in [3.05, 3.63) is 54.0 Å². The lowest BCUT2D eigenvalue weighted by Gasteiger charge is -2.01. The molecule has 4 nitrogen and oxygen atoms in total. The Morgan fingerprint density at radius 3 is 2.88 bits per heavy atom. The van der Waals surface area contributed by atoms with Crippen molar-refractivity contribution >= 4 is 11.6 Å². The number of pyridine rings is 2. The van der Waals surface area contributed by atoms with Crippen LogP contribution in [-0.4, -0.2) is 15.8 Å². The fourth-order valence-corrected chi connectivity index (χ4v) is 1.42. The summed E-state index contributed by atoms with van der Waals surface area (Å²) < 4.78 is 0. The molecule has 0 saturated carbocycles. The molecular weight excluding hydrogens is 202 g/mol. The van der Waals surface area contributed by atoms with Gasteiger partial charge in [0.1, 0.15) is 5.82 Å². The second-order valence-electron chi connectivity index (χ2n) is 3.43. The first-order valence-electron chi connectivity index (χ1n) is 4.89. The molecule has 0 unspecified atom stereocenters. The zero-order valence-electron chi connectivity index (χ0n) is 8.63. The van der Waals surface area contributed by atoms with Crippen LogP contribution in [0.1, 0.15) is 15.9 Å². The van der Waals surface area contributed by atoms with Crippen molar-refractivity contribution in [2.24, 2.45) is 0 Å². The van der Waals surface area contributed by atoms with Crippen molar-refractivity contribution in [1.29, 1.82) is 0 Å². The smallest absolute Gasteiger partial charge is 0.168 e. The van der Waals surface area contributed by atoms with E-state index in [0.717, 1.165) is 5.56 Å². The molecule has 4 heteroatoms. The van der Waals surface area contributed by atoms with E-state index in [1.165, 1.54) is 0 Å². The Kier molecular flexibility index (Phi) is 2.91. The normalized spacial score (nSPS) is 10.0. The summed E-state index contributed by atoms with van der Waals surface area (Å²) in [6.07, 6.45) is 5.12. The average Bonchev–Trinajstić information content (AvgIpc) is 2.30. The molecule has 0 aliphatic heterocycles. The first kappa shape index (κ1) is 10.3. The van der Waals surface area contributed by atoms with E-state index >= 15 is 0 Å². The third kappa shape index (κ3) is 2.42. The summed E-state index contributed by atoms with van der Waals surface area (Å²) in [7, 11) is 0. The predicted octanol–water partition coefficient (Wildman–Crippen LogP) is 1.48. The lowest BCUT2D eigenvalue weighted by Crippen LogP contribution is -2.04. The number of carbonyl (C=O) groups excluding carboxylic acids is 1. The van der Waals surface area contributed by atoms with Crippen LogP contribution in [0.2, 0.25) is 0 Å². The second-order valence-corrected chi connectivity index (χ2v) is 3.43. The zero-order chi connectivity index (χ0) is 11.4. The highest BCUT2D eigenvalue weighted by molar-refractivity contribution is 5.97. The quantitative estimate of drug-likeness (QED) is 0.784. The molecule has 80 valence electrons. The van der Waals surface area contributed by atoms with Gasteiger partial charge in [0.15, 0.2) is 5.78 Å². The van der Waals surface area contributed by atoms with Gasteiger partial charge in [-0.15, -0.1) is 0 Å². The number of ketones is 1. The molecule has 0 atom stereocenters. The van der Waals surface area contributed by atoms with Gasteiger partial charge in [-0.3, -0.25) is 9.78 Å². The molecule has 0 saturated heterocycles. The third-order valence-corrected chi connectivity index (χ3v) is 2.19. The summed E-state index contributed by atoms with van der Waals surface area (Å²) >= 11 is 0. The van der Waals surface area contributed by atoms with Crippen LogP contribution >= 0.6 is 0 Å². The number of nitrogen functional groups attached to an aromatic ring is 1. The number of nitrogens with zero attached hydrogens (tertiary/aromatic N) is 2. The van der Waals surface area contributed by atoms with Gasteiger partial charge in [-0.05, 0) is 29.8 Å². The van der Waals surface area contributed by atoms with Crippen molar-refractivity contribution in [2.45, 2.75) is 6.42 Å². The lowest BCUT2D eigenvalue weighted by atomic mass is 10.1. The Labute approximate surface area is 93.2 Å². The standard InChI is InChI=1S/C12H11N3O/c13-12-7-9(3-5-15-12)6-11(16)10-2-1-4-14-8-10/h1-5,7-8H,6H2,(H2,13,15). The molecule has 2 aromatic rings. The van der Waals surface area contributed by atoms with E-state index in [4.69, 9.17) is 5.73 Å². The monoisotopic (exact) mass is 213 g/mol. The number of hydrogen-bond donors (Lipinski definition) is 1. The van der Waals surface area contributed by atoms with Crippen molar-refractivity contribution in [2.75, 3.05) is 5.73 Å². The molecule has 2 N–H and O–H groups in total. The summed E-state index contributed by atoms with van der Waals surface area (Å²) in [5.41, 5.74) is 7.01. The van der Waals surface area contributed by atoms with Crippen LogP contribution in [-0.2, 0) is 6.42 Å². The van der Waals surface area contributed by atoms with Gasteiger partial charge in [-0.1, -0.05) is 0 Å². The number of anilines is 1. The molecule has 0 aliphatic rings. The molecule has 16 heavy (non-hydrogen) atoms. The molecule has 2 heterocycles. The zero-order valence-corrected chi connectivity index (χ0v) is 8.63. The molecule has 0 bridgehead atoms. The highest BCUT2D eigenvalue weighted by Crippen LogP contribution is 2.08. The van der Waals surface area contributed by atoms with E-state index < -0.39 is 0 Å². The SMILES string of the molecule is Nc1cc(CC(=O)c2cccnc2)ccn1. The van der Waals surface area contributed by atoms with Gasteiger partial charge in [-0.2, -0.15) is 0 Å². The van der Waals surface area contributed by atoms with Crippen LogP contribution in [0.3, 0.4) is 0 Å². The Morgan fingerprint density at radius 1 is 1.31 bits per heavy atom. The fraction of sp³-hybridized carbons (Fsp3) is 0.0833. The Balaban J connectivity index is 2.14. The largest absolute Gasteiger partial charge is 0.384 e. The van der Waals surface area contributed by atoms with E-state index in [1.807, 2.05) is 0 Å². The van der Waals surface area contributed by atoms with E-state index in [1.54, 1.807) is 42.9 Å². The molecule has 0 amide bonds. The van der Waals surface area contributed by atoms with Gasteiger partial charge < -0.3 is 5.73 Å². The van der Waals surface area contributed by atoms with Gasteiger partial charge in [0.2, 0.25) is 0 Å². The maximum absolute atomic E-state index is 11.8. The van der Waals surface area contributed by atoms with Gasteiger partial charge in [0.05, 0.1) is 0 Å². The summed E-state index contributed by atoms with van der Waals surface area (Å²) in [5.74, 6) is 0.454. The predicted molar refractivity (Wildman–Crippen MR) is 60.9 cm³/mol. The number of hydrogen-bond acceptors (Lipinski definition) is 4. The second kappa shape index (κ2) is 4.53. The summed E-state index contributed by atoms with van der Waals surface area (Å²) in [4.78, 5) is 19.6. The van der Waals surface area contributed by atoms with Crippen LogP contribution in [0.15, 0.2) is 42.9 Å². The highest BCUT2D eigenvalue weighted by atomic mass is 16.1. The van der Waals surface area contributed by atoms with Crippen molar-refractivity contribution in [3.63, 3.8) is 0 Å². The molecule has 0 spiro atoms. The number of carbonyl (C=O) groups is 1. The summed E-state index contributed by atoms with van der Waals surface area (Å²) in [5, 5.41) is 0. The van der Waals surface area contributed by atoms with E-state index in [0.29, 0.717) is 17.8 Å². The van der Waals surface area contributed by atoms with Gasteiger partial charge in [0.25, 0.3) is 0 Å². The number of Topliss-reactive ketones (excluding diaryl/α,β-unsaturated/α-hetero) is 1.